The zero-order chi connectivity index (χ0) is 35.9. The molecule has 0 aliphatic rings. The van der Waals surface area contributed by atoms with Crippen molar-refractivity contribution in [2.24, 2.45) is 0 Å². The lowest BCUT2D eigenvalue weighted by atomic mass is 10.0. The summed E-state index contributed by atoms with van der Waals surface area (Å²) in [7, 11) is 0. The van der Waals surface area contributed by atoms with Gasteiger partial charge in [0, 0.05) is 0 Å². The van der Waals surface area contributed by atoms with Crippen LogP contribution in [-0.4, -0.2) is 46.1 Å². The molecule has 0 radical (unpaired) electrons. The van der Waals surface area contributed by atoms with Crippen LogP contribution in [0.2, 0.25) is 0 Å². The van der Waals surface area contributed by atoms with Gasteiger partial charge in [-0.1, -0.05) is 205 Å². The van der Waals surface area contributed by atoms with Gasteiger partial charge >= 0.3 is 0 Å². The minimum absolute atomic E-state index is 0.316. The molecular weight excluding hydrogens is 606 g/mol. The van der Waals surface area contributed by atoms with Gasteiger partial charge in [-0.3, -0.25) is 4.79 Å². The van der Waals surface area contributed by atoms with Gasteiger partial charge in [0.1, 0.15) is 6.10 Å². The van der Waals surface area contributed by atoms with E-state index in [0.717, 1.165) is 44.9 Å². The lowest BCUT2D eigenvalue weighted by Crippen LogP contribution is -2.49. The number of hydrogen-bond donors (Lipinski definition) is 4. The number of aliphatic hydroxyl groups is 3. The zero-order valence-corrected chi connectivity index (χ0v) is 32.8. The van der Waals surface area contributed by atoms with Crippen molar-refractivity contribution in [3.63, 3.8) is 0 Å². The fourth-order valence-corrected chi connectivity index (χ4v) is 6.63. The molecule has 0 aliphatic carbocycles. The molecule has 3 atom stereocenters. The first-order valence-electron chi connectivity index (χ1n) is 21.6. The molecule has 5 heteroatoms. The molecule has 0 rings (SSSR count). The van der Waals surface area contributed by atoms with Crippen molar-refractivity contribution in [2.45, 2.75) is 244 Å². The van der Waals surface area contributed by atoms with Gasteiger partial charge in [-0.2, -0.15) is 0 Å². The Labute approximate surface area is 305 Å². The second-order valence-electron chi connectivity index (χ2n) is 14.9. The Kier molecular flexibility index (Phi) is 38.7. The molecule has 0 saturated heterocycles. The van der Waals surface area contributed by atoms with E-state index >= 15 is 0 Å². The summed E-state index contributed by atoms with van der Waals surface area (Å²) in [4.78, 5) is 12.5. The minimum Gasteiger partial charge on any atom is -0.394 e. The molecule has 0 saturated carbocycles. The van der Waals surface area contributed by atoms with Gasteiger partial charge < -0.3 is 20.6 Å². The molecule has 290 valence electrons. The molecule has 0 aliphatic heterocycles. The van der Waals surface area contributed by atoms with Gasteiger partial charge in [0.2, 0.25) is 5.91 Å². The van der Waals surface area contributed by atoms with Gasteiger partial charge in [-0.25, -0.2) is 0 Å². The summed E-state index contributed by atoms with van der Waals surface area (Å²) < 4.78 is 0. The summed E-state index contributed by atoms with van der Waals surface area (Å²) in [5.74, 6) is -0.478. The second-order valence-corrected chi connectivity index (χ2v) is 14.9. The van der Waals surface area contributed by atoms with Crippen molar-refractivity contribution >= 4 is 5.91 Å². The monoisotopic (exact) mass is 692 g/mol. The van der Waals surface area contributed by atoms with Crippen molar-refractivity contribution in [2.75, 3.05) is 6.61 Å². The molecule has 0 spiro atoms. The summed E-state index contributed by atoms with van der Waals surface area (Å²) in [5.41, 5.74) is 0. The van der Waals surface area contributed by atoms with Crippen LogP contribution in [-0.2, 0) is 4.79 Å². The van der Waals surface area contributed by atoms with Gasteiger partial charge in [-0.05, 0) is 44.9 Å². The summed E-state index contributed by atoms with van der Waals surface area (Å²) in [6.45, 7) is 4.22. The van der Waals surface area contributed by atoms with Crippen molar-refractivity contribution in [1.82, 2.24) is 5.32 Å². The highest BCUT2D eigenvalue weighted by molar-refractivity contribution is 5.80. The topological polar surface area (TPSA) is 89.8 Å². The molecule has 1 amide bonds. The Morgan fingerprint density at radius 2 is 0.837 bits per heavy atom. The van der Waals surface area contributed by atoms with Crippen LogP contribution in [0.15, 0.2) is 24.3 Å². The number of allylic oxidation sites excluding steroid dienone is 4. The molecule has 0 bridgehead atoms. The van der Waals surface area contributed by atoms with Crippen LogP contribution in [0.4, 0.5) is 0 Å². The number of hydrogen-bond acceptors (Lipinski definition) is 4. The Balaban J connectivity index is 3.65. The van der Waals surface area contributed by atoms with E-state index in [1.165, 1.54) is 154 Å². The number of amides is 1. The van der Waals surface area contributed by atoms with Crippen LogP contribution in [0.1, 0.15) is 226 Å². The van der Waals surface area contributed by atoms with E-state index in [-0.39, 0.29) is 6.61 Å². The smallest absolute Gasteiger partial charge is 0.249 e. The average molecular weight is 692 g/mol. The average Bonchev–Trinajstić information content (AvgIpc) is 3.11. The molecule has 49 heavy (non-hydrogen) atoms. The van der Waals surface area contributed by atoms with E-state index in [4.69, 9.17) is 0 Å². The predicted molar refractivity (Wildman–Crippen MR) is 213 cm³/mol. The maximum absolute atomic E-state index is 12.5. The van der Waals surface area contributed by atoms with E-state index in [9.17, 15) is 20.1 Å². The van der Waals surface area contributed by atoms with Gasteiger partial charge in [0.15, 0.2) is 0 Å². The summed E-state index contributed by atoms with van der Waals surface area (Å²) in [6.07, 6.45) is 47.4. The molecule has 0 aromatic heterocycles. The Bertz CT molecular complexity index is 724. The molecule has 0 aromatic rings. The van der Waals surface area contributed by atoms with Crippen LogP contribution in [0, 0.1) is 0 Å². The summed E-state index contributed by atoms with van der Waals surface area (Å²) in [5, 5.41) is 33.2. The van der Waals surface area contributed by atoms with Crippen molar-refractivity contribution < 1.29 is 20.1 Å². The van der Waals surface area contributed by atoms with Crippen molar-refractivity contribution in [1.29, 1.82) is 0 Å². The molecular formula is C44H85NO4. The van der Waals surface area contributed by atoms with Gasteiger partial charge in [-0.15, -0.1) is 0 Å². The first kappa shape index (κ1) is 47.8. The maximum Gasteiger partial charge on any atom is 0.249 e. The number of carbonyl (C=O) groups is 1. The number of unbranched alkanes of at least 4 members (excludes halogenated alkanes) is 27. The second kappa shape index (κ2) is 39.6. The Hall–Kier alpha value is -1.17. The summed E-state index contributed by atoms with van der Waals surface area (Å²) >= 11 is 0. The lowest BCUT2D eigenvalue weighted by molar-refractivity contribution is -0.131. The van der Waals surface area contributed by atoms with Crippen LogP contribution >= 0.6 is 0 Å². The highest BCUT2D eigenvalue weighted by Crippen LogP contribution is 2.15. The van der Waals surface area contributed by atoms with Crippen LogP contribution in [0.3, 0.4) is 0 Å². The van der Waals surface area contributed by atoms with E-state index < -0.39 is 24.2 Å². The van der Waals surface area contributed by atoms with Crippen LogP contribution in [0.25, 0.3) is 0 Å². The summed E-state index contributed by atoms with van der Waals surface area (Å²) in [6, 6.07) is -0.714. The molecule has 4 N–H and O–H groups in total. The van der Waals surface area contributed by atoms with Crippen molar-refractivity contribution in [3.05, 3.63) is 24.3 Å². The Morgan fingerprint density at radius 3 is 1.22 bits per heavy atom. The van der Waals surface area contributed by atoms with Crippen LogP contribution < -0.4 is 5.32 Å². The molecule has 0 heterocycles. The Morgan fingerprint density at radius 1 is 0.490 bits per heavy atom. The third-order valence-corrected chi connectivity index (χ3v) is 10.1. The number of rotatable bonds is 39. The normalized spacial score (nSPS) is 13.8. The van der Waals surface area contributed by atoms with Gasteiger partial charge in [0.05, 0.1) is 18.8 Å². The molecule has 5 nitrogen and oxygen atoms in total. The number of nitrogens with one attached hydrogen (secondary N) is 1. The fourth-order valence-electron chi connectivity index (χ4n) is 6.63. The van der Waals surface area contributed by atoms with Crippen molar-refractivity contribution in [3.8, 4) is 0 Å². The highest BCUT2D eigenvalue weighted by Gasteiger charge is 2.23. The quantitative estimate of drug-likeness (QED) is 0.0381. The van der Waals surface area contributed by atoms with E-state index in [0.29, 0.717) is 12.8 Å². The minimum atomic E-state index is -1.08. The molecule has 0 aromatic carbocycles. The fraction of sp³-hybridized carbons (Fsp3) is 0.886. The zero-order valence-electron chi connectivity index (χ0n) is 32.8. The largest absolute Gasteiger partial charge is 0.394 e. The van der Waals surface area contributed by atoms with E-state index in [1.807, 2.05) is 0 Å². The maximum atomic E-state index is 12.5. The molecule has 0 fully saturated rings. The standard InChI is InChI=1S/C44H85NO4/c1-3-5-7-9-11-13-15-17-18-19-20-21-22-23-24-25-27-29-31-33-35-37-39-43(48)44(49)45-41(40-46)42(47)38-36-34-32-30-28-26-16-14-12-10-8-6-4-2/h20-21,23-24,41-43,46-48H,3-19,22,25-40H2,1-2H3,(H,45,49)/b21-20-,24-23-. The number of aliphatic hydroxyl groups excluding tert-OH is 3. The first-order chi connectivity index (χ1) is 24.1. The SMILES string of the molecule is CCCCCCCCCCC/C=C\C/C=C\CCCCCCCCC(O)C(=O)NC(CO)C(O)CCCCCCCCCCCCCCC. The third kappa shape index (κ3) is 35.0. The lowest BCUT2D eigenvalue weighted by Gasteiger charge is -2.23. The van der Waals surface area contributed by atoms with Gasteiger partial charge in [0.25, 0.3) is 0 Å². The molecule has 3 unspecified atom stereocenters. The van der Waals surface area contributed by atoms with E-state index in [2.05, 4.69) is 43.5 Å². The van der Waals surface area contributed by atoms with E-state index in [1.54, 1.807) is 0 Å². The van der Waals surface area contributed by atoms with Crippen LogP contribution in [0.5, 0.6) is 0 Å². The third-order valence-electron chi connectivity index (χ3n) is 10.1. The highest BCUT2D eigenvalue weighted by atomic mass is 16.3. The number of carbonyl (C=O) groups excluding carboxylic acids is 1. The first-order valence-corrected chi connectivity index (χ1v) is 21.6. The predicted octanol–water partition coefficient (Wildman–Crippen LogP) is 12.2.